The zero-order valence-electron chi connectivity index (χ0n) is 13.1. The maximum absolute atomic E-state index is 3.76. The van der Waals surface area contributed by atoms with Gasteiger partial charge in [-0.3, -0.25) is 0 Å². The smallest absolute Gasteiger partial charge is 0.0372 e. The Bertz CT molecular complexity index is 592. The van der Waals surface area contributed by atoms with Crippen LogP contribution in [0.5, 0.6) is 0 Å². The van der Waals surface area contributed by atoms with Crippen LogP contribution in [0.25, 0.3) is 0 Å². The summed E-state index contributed by atoms with van der Waals surface area (Å²) in [6.45, 7) is 7.59. The summed E-state index contributed by atoms with van der Waals surface area (Å²) in [7, 11) is 0. The van der Waals surface area contributed by atoms with Crippen molar-refractivity contribution in [3.05, 3.63) is 69.2 Å². The lowest BCUT2D eigenvalue weighted by atomic mass is 9.95. The van der Waals surface area contributed by atoms with Gasteiger partial charge in [0.2, 0.25) is 0 Å². The lowest BCUT2D eigenvalue weighted by Crippen LogP contribution is -2.25. The van der Waals surface area contributed by atoms with Crippen molar-refractivity contribution < 1.29 is 0 Å². The van der Waals surface area contributed by atoms with Crippen molar-refractivity contribution in [2.24, 2.45) is 0 Å². The Hall–Kier alpha value is -1.12. The maximum Gasteiger partial charge on any atom is 0.0372 e. The van der Waals surface area contributed by atoms with Crippen LogP contribution in [0.3, 0.4) is 0 Å². The molecule has 2 rings (SSSR count). The van der Waals surface area contributed by atoms with Crippen LogP contribution < -0.4 is 5.32 Å². The van der Waals surface area contributed by atoms with Gasteiger partial charge in [0.15, 0.2) is 0 Å². The first-order valence-electron chi connectivity index (χ1n) is 7.66. The molecule has 0 amide bonds. The molecule has 0 spiro atoms. The summed E-state index contributed by atoms with van der Waals surface area (Å²) in [6, 6.07) is 15.5. The zero-order chi connectivity index (χ0) is 15.2. The van der Waals surface area contributed by atoms with Crippen LogP contribution in [0.15, 0.2) is 46.9 Å². The summed E-state index contributed by atoms with van der Waals surface area (Å²) in [5, 5.41) is 3.70. The second kappa shape index (κ2) is 7.77. The topological polar surface area (TPSA) is 12.0 Å². The Balaban J connectivity index is 2.30. The molecule has 21 heavy (non-hydrogen) atoms. The highest BCUT2D eigenvalue weighted by molar-refractivity contribution is 9.10. The Morgan fingerprint density at radius 3 is 2.43 bits per heavy atom. The van der Waals surface area contributed by atoms with Crippen LogP contribution in [-0.4, -0.2) is 6.54 Å². The molecule has 0 radical (unpaired) electrons. The summed E-state index contributed by atoms with van der Waals surface area (Å²) in [6.07, 6.45) is 2.17. The van der Waals surface area contributed by atoms with Crippen molar-refractivity contribution in [3.8, 4) is 0 Å². The van der Waals surface area contributed by atoms with Crippen molar-refractivity contribution in [3.63, 3.8) is 0 Å². The number of hydrogen-bond acceptors (Lipinski definition) is 1. The van der Waals surface area contributed by atoms with E-state index in [0.29, 0.717) is 6.04 Å². The molecular formula is C19H24BrN. The minimum absolute atomic E-state index is 0.348. The summed E-state index contributed by atoms with van der Waals surface area (Å²) in [4.78, 5) is 0. The van der Waals surface area contributed by atoms with E-state index >= 15 is 0 Å². The molecule has 2 aromatic rings. The summed E-state index contributed by atoms with van der Waals surface area (Å²) >= 11 is 3.76. The van der Waals surface area contributed by atoms with Gasteiger partial charge in [0.1, 0.15) is 0 Å². The van der Waals surface area contributed by atoms with Crippen LogP contribution >= 0.6 is 15.9 Å². The highest BCUT2D eigenvalue weighted by Crippen LogP contribution is 2.29. The molecule has 0 aliphatic carbocycles. The van der Waals surface area contributed by atoms with Gasteiger partial charge < -0.3 is 5.32 Å². The van der Waals surface area contributed by atoms with Crippen molar-refractivity contribution in [1.29, 1.82) is 0 Å². The molecule has 0 aromatic heterocycles. The van der Waals surface area contributed by atoms with E-state index in [-0.39, 0.29) is 0 Å². The summed E-state index contributed by atoms with van der Waals surface area (Å²) < 4.78 is 1.23. The third-order valence-corrected chi connectivity index (χ3v) is 5.01. The Morgan fingerprint density at radius 1 is 1.00 bits per heavy atom. The van der Waals surface area contributed by atoms with Gasteiger partial charge in [-0.05, 0) is 55.5 Å². The van der Waals surface area contributed by atoms with Crippen molar-refractivity contribution >= 4 is 15.9 Å². The molecule has 1 nitrogen and oxygen atoms in total. The Kier molecular flexibility index (Phi) is 6.01. The van der Waals surface area contributed by atoms with Crippen molar-refractivity contribution in [2.75, 3.05) is 6.54 Å². The van der Waals surface area contributed by atoms with Crippen LogP contribution in [0.4, 0.5) is 0 Å². The number of benzene rings is 2. The minimum atomic E-state index is 0.348. The molecule has 1 N–H and O–H groups in total. The van der Waals surface area contributed by atoms with E-state index in [2.05, 4.69) is 84.5 Å². The van der Waals surface area contributed by atoms with Crippen LogP contribution in [0.1, 0.15) is 41.6 Å². The number of halogens is 1. The van der Waals surface area contributed by atoms with Gasteiger partial charge in [-0.1, -0.05) is 65.3 Å². The Morgan fingerprint density at radius 2 is 1.71 bits per heavy atom. The average Bonchev–Trinajstić information content (AvgIpc) is 2.48. The second-order valence-corrected chi connectivity index (χ2v) is 6.41. The molecule has 0 saturated carbocycles. The van der Waals surface area contributed by atoms with Gasteiger partial charge in [0, 0.05) is 10.5 Å². The molecule has 0 saturated heterocycles. The monoisotopic (exact) mass is 345 g/mol. The first-order chi connectivity index (χ1) is 10.1. The maximum atomic E-state index is 3.76. The van der Waals surface area contributed by atoms with Gasteiger partial charge in [-0.25, -0.2) is 0 Å². The highest BCUT2D eigenvalue weighted by atomic mass is 79.9. The van der Waals surface area contributed by atoms with E-state index in [4.69, 9.17) is 0 Å². The van der Waals surface area contributed by atoms with E-state index < -0.39 is 0 Å². The molecule has 112 valence electrons. The first-order valence-corrected chi connectivity index (χ1v) is 8.45. The van der Waals surface area contributed by atoms with E-state index in [9.17, 15) is 0 Å². The van der Waals surface area contributed by atoms with E-state index in [1.54, 1.807) is 0 Å². The molecule has 0 heterocycles. The summed E-state index contributed by atoms with van der Waals surface area (Å²) in [5.41, 5.74) is 5.43. The standard InChI is InChI=1S/C19H24BrN/c1-4-12-21-18(13-16-10-6-5-8-14(16)2)17-11-7-9-15(3)19(17)20/h5-11,18,21H,4,12-13H2,1-3H3. The van der Waals surface area contributed by atoms with Gasteiger partial charge in [0.25, 0.3) is 0 Å². The van der Waals surface area contributed by atoms with Gasteiger partial charge in [-0.15, -0.1) is 0 Å². The van der Waals surface area contributed by atoms with Crippen molar-refractivity contribution in [2.45, 2.75) is 39.7 Å². The van der Waals surface area contributed by atoms with Gasteiger partial charge in [-0.2, -0.15) is 0 Å². The fourth-order valence-corrected chi connectivity index (χ4v) is 3.15. The fourth-order valence-electron chi connectivity index (χ4n) is 2.61. The Labute approximate surface area is 136 Å². The van der Waals surface area contributed by atoms with E-state index in [1.807, 2.05) is 0 Å². The number of hydrogen-bond donors (Lipinski definition) is 1. The van der Waals surface area contributed by atoms with Crippen LogP contribution in [0.2, 0.25) is 0 Å². The molecule has 1 unspecified atom stereocenters. The highest BCUT2D eigenvalue weighted by Gasteiger charge is 2.16. The predicted octanol–water partition coefficient (Wildman–Crippen LogP) is 5.35. The van der Waals surface area contributed by atoms with Gasteiger partial charge >= 0.3 is 0 Å². The molecular weight excluding hydrogens is 322 g/mol. The minimum Gasteiger partial charge on any atom is -0.310 e. The quantitative estimate of drug-likeness (QED) is 0.743. The van der Waals surface area contributed by atoms with Crippen LogP contribution in [-0.2, 0) is 6.42 Å². The largest absolute Gasteiger partial charge is 0.310 e. The van der Waals surface area contributed by atoms with Crippen molar-refractivity contribution in [1.82, 2.24) is 5.32 Å². The van der Waals surface area contributed by atoms with E-state index in [0.717, 1.165) is 19.4 Å². The SMILES string of the molecule is CCCNC(Cc1ccccc1C)c1cccc(C)c1Br. The van der Waals surface area contributed by atoms with E-state index in [1.165, 1.54) is 26.7 Å². The molecule has 0 fully saturated rings. The number of rotatable bonds is 6. The average molecular weight is 346 g/mol. The molecule has 2 aromatic carbocycles. The summed E-state index contributed by atoms with van der Waals surface area (Å²) in [5.74, 6) is 0. The fraction of sp³-hybridized carbons (Fsp3) is 0.368. The number of nitrogens with one attached hydrogen (secondary N) is 1. The molecule has 1 atom stereocenters. The third kappa shape index (κ3) is 4.18. The molecule has 0 aliphatic rings. The van der Waals surface area contributed by atoms with Crippen LogP contribution in [0, 0.1) is 13.8 Å². The molecule has 0 aliphatic heterocycles. The predicted molar refractivity (Wildman–Crippen MR) is 94.8 cm³/mol. The second-order valence-electron chi connectivity index (χ2n) is 5.62. The lowest BCUT2D eigenvalue weighted by molar-refractivity contribution is 0.526. The first kappa shape index (κ1) is 16.3. The molecule has 2 heteroatoms. The van der Waals surface area contributed by atoms with Gasteiger partial charge in [0.05, 0.1) is 0 Å². The zero-order valence-corrected chi connectivity index (χ0v) is 14.7. The molecule has 0 bridgehead atoms. The third-order valence-electron chi connectivity index (χ3n) is 3.92. The lowest BCUT2D eigenvalue weighted by Gasteiger charge is -2.22. The normalized spacial score (nSPS) is 12.4. The number of aryl methyl sites for hydroxylation is 2.